The van der Waals surface area contributed by atoms with Gasteiger partial charge < -0.3 is 19.9 Å². The average Bonchev–Trinajstić information content (AvgIpc) is 2.88. The number of hydrogen-bond donors (Lipinski definition) is 2. The largest absolute Gasteiger partial charge is 0.477 e. The molecule has 0 bridgehead atoms. The molecule has 0 radical (unpaired) electrons. The van der Waals surface area contributed by atoms with Crippen LogP contribution in [0.4, 0.5) is 18.9 Å². The molecule has 1 fully saturated rings. The third-order valence-electron chi connectivity index (χ3n) is 4.58. The lowest BCUT2D eigenvalue weighted by atomic mass is 10.0. The molecule has 136 valence electrons. The van der Waals surface area contributed by atoms with Crippen LogP contribution >= 0.6 is 0 Å². The summed E-state index contributed by atoms with van der Waals surface area (Å²) in [6.07, 6.45) is -2.63. The van der Waals surface area contributed by atoms with Crippen molar-refractivity contribution in [3.8, 4) is 0 Å². The van der Waals surface area contributed by atoms with E-state index in [0.717, 1.165) is 30.5 Å². The van der Waals surface area contributed by atoms with Gasteiger partial charge in [0.1, 0.15) is 12.2 Å². The second-order valence-corrected chi connectivity index (χ2v) is 6.50. The second-order valence-electron chi connectivity index (χ2n) is 6.50. The van der Waals surface area contributed by atoms with E-state index >= 15 is 0 Å². The molecule has 2 N–H and O–H groups in total. The monoisotopic (exact) mass is 355 g/mol. The summed E-state index contributed by atoms with van der Waals surface area (Å²) < 4.78 is 39.4. The fourth-order valence-electron chi connectivity index (χ4n) is 3.31. The molecule has 25 heavy (non-hydrogen) atoms. The van der Waals surface area contributed by atoms with Gasteiger partial charge in [-0.15, -0.1) is 0 Å². The van der Waals surface area contributed by atoms with E-state index < -0.39 is 18.7 Å². The van der Waals surface area contributed by atoms with Crippen molar-refractivity contribution in [3.05, 3.63) is 30.0 Å². The fourth-order valence-corrected chi connectivity index (χ4v) is 3.31. The molecule has 2 heterocycles. The van der Waals surface area contributed by atoms with Crippen molar-refractivity contribution in [3.63, 3.8) is 0 Å². The minimum Gasteiger partial charge on any atom is -0.477 e. The first-order valence-electron chi connectivity index (χ1n) is 8.12. The Morgan fingerprint density at radius 1 is 1.32 bits per heavy atom. The molecule has 0 unspecified atom stereocenters. The van der Waals surface area contributed by atoms with Crippen molar-refractivity contribution in [2.45, 2.75) is 31.6 Å². The lowest BCUT2D eigenvalue weighted by molar-refractivity contribution is -0.140. The first kappa shape index (κ1) is 17.6. The molecule has 8 heteroatoms. The SMILES string of the molecule is CN1CCC(Nc2cccc3c2cc(C(=O)O)n3CC(F)(F)F)CC1. The number of carboxylic acids is 1. The number of carbonyl (C=O) groups is 1. The Kier molecular flexibility index (Phi) is 4.64. The van der Waals surface area contributed by atoms with Crippen LogP contribution in [0.1, 0.15) is 23.3 Å². The zero-order valence-corrected chi connectivity index (χ0v) is 13.8. The molecule has 5 nitrogen and oxygen atoms in total. The Labute approximate surface area is 143 Å². The van der Waals surface area contributed by atoms with Crippen LogP contribution in [0.15, 0.2) is 24.3 Å². The summed E-state index contributed by atoms with van der Waals surface area (Å²) in [4.78, 5) is 13.6. The molecule has 1 aliphatic heterocycles. The number of carboxylic acid groups (broad SMARTS) is 1. The number of nitrogens with zero attached hydrogens (tertiary/aromatic N) is 2. The molecule has 2 aromatic rings. The summed E-state index contributed by atoms with van der Waals surface area (Å²) in [5, 5.41) is 13.2. The predicted molar refractivity (Wildman–Crippen MR) is 89.1 cm³/mol. The molecule has 3 rings (SSSR count). The molecule has 1 aromatic carbocycles. The van der Waals surface area contributed by atoms with Gasteiger partial charge in [0.05, 0.1) is 5.52 Å². The van der Waals surface area contributed by atoms with Crippen LogP contribution in [0, 0.1) is 0 Å². The van der Waals surface area contributed by atoms with E-state index in [9.17, 15) is 23.1 Å². The number of halogens is 3. The summed E-state index contributed by atoms with van der Waals surface area (Å²) >= 11 is 0. The zero-order chi connectivity index (χ0) is 18.2. The van der Waals surface area contributed by atoms with Crippen molar-refractivity contribution in [1.82, 2.24) is 9.47 Å². The summed E-state index contributed by atoms with van der Waals surface area (Å²) in [6.45, 7) is 0.571. The Morgan fingerprint density at radius 2 is 2.00 bits per heavy atom. The van der Waals surface area contributed by atoms with E-state index in [2.05, 4.69) is 10.2 Å². The summed E-state index contributed by atoms with van der Waals surface area (Å²) in [6, 6.07) is 6.50. The number of nitrogens with one attached hydrogen (secondary N) is 1. The first-order valence-corrected chi connectivity index (χ1v) is 8.12. The summed E-state index contributed by atoms with van der Waals surface area (Å²) in [5.41, 5.74) is 0.591. The van der Waals surface area contributed by atoms with Crippen molar-refractivity contribution in [2.24, 2.45) is 0 Å². The summed E-state index contributed by atoms with van der Waals surface area (Å²) in [5.74, 6) is -1.37. The van der Waals surface area contributed by atoms with Gasteiger partial charge in [0, 0.05) is 17.1 Å². The third-order valence-corrected chi connectivity index (χ3v) is 4.58. The number of anilines is 1. The van der Waals surface area contributed by atoms with E-state index in [1.54, 1.807) is 12.1 Å². The van der Waals surface area contributed by atoms with Crippen LogP contribution in [0.2, 0.25) is 0 Å². The normalized spacial score (nSPS) is 17.1. The first-order chi connectivity index (χ1) is 11.7. The highest BCUT2D eigenvalue weighted by molar-refractivity contribution is 6.00. The Hall–Kier alpha value is -2.22. The van der Waals surface area contributed by atoms with Gasteiger partial charge in [0.15, 0.2) is 0 Å². The lowest BCUT2D eigenvalue weighted by Gasteiger charge is -2.30. The minimum absolute atomic E-state index is 0.223. The quantitative estimate of drug-likeness (QED) is 0.883. The Balaban J connectivity index is 1.98. The number of alkyl halides is 3. The average molecular weight is 355 g/mol. The lowest BCUT2D eigenvalue weighted by Crippen LogP contribution is -2.36. The van der Waals surface area contributed by atoms with Gasteiger partial charge in [-0.25, -0.2) is 4.79 Å². The smallest absolute Gasteiger partial charge is 0.406 e. The number of fused-ring (bicyclic) bond motifs is 1. The van der Waals surface area contributed by atoms with Crippen LogP contribution in [-0.4, -0.2) is 52.9 Å². The highest BCUT2D eigenvalue weighted by Gasteiger charge is 2.31. The maximum absolute atomic E-state index is 12.9. The molecular formula is C17H20F3N3O2. The van der Waals surface area contributed by atoms with Crippen LogP contribution in [-0.2, 0) is 6.54 Å². The van der Waals surface area contributed by atoms with Crippen molar-refractivity contribution < 1.29 is 23.1 Å². The molecule has 1 aromatic heterocycles. The molecule has 1 aliphatic rings. The number of piperidine rings is 1. The number of likely N-dealkylation sites (tertiary alicyclic amines) is 1. The van der Waals surface area contributed by atoms with Crippen LogP contribution in [0.25, 0.3) is 10.9 Å². The van der Waals surface area contributed by atoms with Crippen molar-refractivity contribution in [1.29, 1.82) is 0 Å². The molecule has 1 saturated heterocycles. The Bertz CT molecular complexity index is 777. The van der Waals surface area contributed by atoms with Gasteiger partial charge in [0.25, 0.3) is 0 Å². The maximum atomic E-state index is 12.9. The molecule has 0 spiro atoms. The molecular weight excluding hydrogens is 335 g/mol. The second kappa shape index (κ2) is 6.59. The van der Waals surface area contributed by atoms with E-state index in [1.165, 1.54) is 12.1 Å². The van der Waals surface area contributed by atoms with Crippen molar-refractivity contribution in [2.75, 3.05) is 25.5 Å². The number of aromatic carboxylic acids is 1. The number of aromatic nitrogens is 1. The minimum atomic E-state index is -4.49. The fraction of sp³-hybridized carbons (Fsp3) is 0.471. The highest BCUT2D eigenvalue weighted by Crippen LogP contribution is 2.31. The molecule has 0 amide bonds. The van der Waals surface area contributed by atoms with Crippen LogP contribution < -0.4 is 5.32 Å². The number of hydrogen-bond acceptors (Lipinski definition) is 3. The van der Waals surface area contributed by atoms with Gasteiger partial charge in [0.2, 0.25) is 0 Å². The third kappa shape index (κ3) is 3.89. The van der Waals surface area contributed by atoms with E-state index in [-0.39, 0.29) is 17.3 Å². The molecule has 0 aliphatic carbocycles. The van der Waals surface area contributed by atoms with Gasteiger partial charge >= 0.3 is 12.1 Å². The maximum Gasteiger partial charge on any atom is 0.406 e. The predicted octanol–water partition coefficient (Wildman–Crippen LogP) is 3.41. The van der Waals surface area contributed by atoms with E-state index in [1.807, 2.05) is 7.05 Å². The zero-order valence-electron chi connectivity index (χ0n) is 13.8. The molecule has 0 saturated carbocycles. The topological polar surface area (TPSA) is 57.5 Å². The number of benzene rings is 1. The highest BCUT2D eigenvalue weighted by atomic mass is 19.4. The standard InChI is InChI=1S/C17H20F3N3O2/c1-22-7-5-11(6-8-22)21-13-3-2-4-14-12(13)9-15(16(24)25)23(14)10-17(18,19)20/h2-4,9,11,21H,5-8,10H2,1H3,(H,24,25). The molecule has 0 atom stereocenters. The number of rotatable bonds is 4. The van der Waals surface area contributed by atoms with Crippen molar-refractivity contribution >= 4 is 22.6 Å². The Morgan fingerprint density at radius 3 is 2.60 bits per heavy atom. The van der Waals surface area contributed by atoms with E-state index in [4.69, 9.17) is 0 Å². The van der Waals surface area contributed by atoms with Crippen LogP contribution in [0.3, 0.4) is 0 Å². The van der Waals surface area contributed by atoms with Gasteiger partial charge in [-0.3, -0.25) is 0 Å². The van der Waals surface area contributed by atoms with Gasteiger partial charge in [-0.05, 0) is 51.2 Å². The van der Waals surface area contributed by atoms with Crippen LogP contribution in [0.5, 0.6) is 0 Å². The summed E-state index contributed by atoms with van der Waals surface area (Å²) in [7, 11) is 2.05. The van der Waals surface area contributed by atoms with Gasteiger partial charge in [-0.2, -0.15) is 13.2 Å². The van der Waals surface area contributed by atoms with E-state index in [0.29, 0.717) is 11.1 Å². The van der Waals surface area contributed by atoms with Gasteiger partial charge in [-0.1, -0.05) is 6.07 Å².